The Morgan fingerprint density at radius 3 is 2.56 bits per heavy atom. The van der Waals surface area contributed by atoms with Gasteiger partial charge in [-0.25, -0.2) is 13.4 Å². The third-order valence-corrected chi connectivity index (χ3v) is 8.77. The summed E-state index contributed by atoms with van der Waals surface area (Å²) in [5, 5.41) is 10.6. The summed E-state index contributed by atoms with van der Waals surface area (Å²) in [6, 6.07) is 12.3. The second-order valence-electron chi connectivity index (χ2n) is 6.41. The van der Waals surface area contributed by atoms with Gasteiger partial charge in [-0.3, -0.25) is 4.79 Å². The average molecular weight is 421 g/mol. The number of aryl methyl sites for hydroxylation is 1. The lowest BCUT2D eigenvalue weighted by atomic mass is 10.1. The summed E-state index contributed by atoms with van der Waals surface area (Å²) in [5.74, 6) is -1.54. The maximum Gasteiger partial charge on any atom is 0.325 e. The highest BCUT2D eigenvalue weighted by atomic mass is 32.2. The van der Waals surface area contributed by atoms with E-state index < -0.39 is 21.5 Å². The molecule has 1 aliphatic rings. The van der Waals surface area contributed by atoms with Crippen LogP contribution in [0.5, 0.6) is 0 Å². The summed E-state index contributed by atoms with van der Waals surface area (Å²) in [7, 11) is -3.95. The molecule has 27 heavy (non-hydrogen) atoms. The summed E-state index contributed by atoms with van der Waals surface area (Å²) >= 11 is 2.59. The SMILES string of the molecule is Cc1ncc(-c2ccc(S(=O)(=O)N[C@@]3(C(=O)O)C[C@H]3c3ccccc3)s2)s1. The number of nitrogens with one attached hydrogen (secondary N) is 1. The molecule has 1 fully saturated rings. The van der Waals surface area contributed by atoms with E-state index in [1.54, 1.807) is 12.3 Å². The van der Waals surface area contributed by atoms with Crippen molar-refractivity contribution in [1.29, 1.82) is 0 Å². The molecule has 140 valence electrons. The number of carbonyl (C=O) groups is 1. The van der Waals surface area contributed by atoms with Crippen molar-refractivity contribution in [2.24, 2.45) is 0 Å². The Balaban J connectivity index is 1.61. The first kappa shape index (κ1) is 18.3. The fourth-order valence-corrected chi connectivity index (χ4v) is 6.67. The van der Waals surface area contributed by atoms with Crippen molar-refractivity contribution in [3.05, 3.63) is 59.2 Å². The summed E-state index contributed by atoms with van der Waals surface area (Å²) in [4.78, 5) is 17.7. The topological polar surface area (TPSA) is 96.4 Å². The third kappa shape index (κ3) is 3.31. The van der Waals surface area contributed by atoms with Crippen LogP contribution >= 0.6 is 22.7 Å². The van der Waals surface area contributed by atoms with E-state index in [2.05, 4.69) is 9.71 Å². The Kier molecular flexibility index (Phi) is 4.42. The molecule has 0 saturated heterocycles. The Morgan fingerprint density at radius 2 is 1.93 bits per heavy atom. The van der Waals surface area contributed by atoms with E-state index in [1.165, 1.54) is 17.4 Å². The molecule has 1 aliphatic carbocycles. The van der Waals surface area contributed by atoms with Gasteiger partial charge in [0, 0.05) is 17.0 Å². The quantitative estimate of drug-likeness (QED) is 0.637. The maximum atomic E-state index is 12.8. The van der Waals surface area contributed by atoms with E-state index in [9.17, 15) is 18.3 Å². The van der Waals surface area contributed by atoms with Gasteiger partial charge in [0.2, 0.25) is 0 Å². The van der Waals surface area contributed by atoms with Crippen molar-refractivity contribution in [2.75, 3.05) is 0 Å². The summed E-state index contributed by atoms with van der Waals surface area (Å²) in [5.41, 5.74) is -0.680. The van der Waals surface area contributed by atoms with Crippen molar-refractivity contribution in [3.8, 4) is 9.75 Å². The molecule has 0 bridgehead atoms. The highest BCUT2D eigenvalue weighted by Gasteiger charge is 2.63. The van der Waals surface area contributed by atoms with Gasteiger partial charge in [0.25, 0.3) is 10.0 Å². The van der Waals surface area contributed by atoms with Crippen molar-refractivity contribution in [1.82, 2.24) is 9.71 Å². The molecule has 1 aromatic carbocycles. The Hall–Kier alpha value is -2.07. The Bertz CT molecular complexity index is 1100. The number of sulfonamides is 1. The molecule has 2 atom stereocenters. The van der Waals surface area contributed by atoms with Crippen LogP contribution in [-0.4, -0.2) is 30.0 Å². The molecule has 6 nitrogen and oxygen atoms in total. The van der Waals surface area contributed by atoms with Crippen LogP contribution in [-0.2, 0) is 14.8 Å². The molecule has 4 rings (SSSR count). The van der Waals surface area contributed by atoms with E-state index in [-0.39, 0.29) is 16.5 Å². The van der Waals surface area contributed by atoms with Crippen LogP contribution in [0, 0.1) is 6.92 Å². The predicted molar refractivity (Wildman–Crippen MR) is 105 cm³/mol. The molecule has 2 heterocycles. The van der Waals surface area contributed by atoms with E-state index in [4.69, 9.17) is 0 Å². The van der Waals surface area contributed by atoms with Crippen molar-refractivity contribution >= 4 is 38.7 Å². The van der Waals surface area contributed by atoms with Gasteiger partial charge in [-0.15, -0.1) is 22.7 Å². The van der Waals surface area contributed by atoms with Crippen molar-refractivity contribution in [2.45, 2.75) is 29.0 Å². The van der Waals surface area contributed by atoms with Gasteiger partial charge in [-0.1, -0.05) is 30.3 Å². The Labute approximate surface area is 164 Å². The fourth-order valence-electron chi connectivity index (χ4n) is 3.11. The van der Waals surface area contributed by atoms with Gasteiger partial charge in [-0.2, -0.15) is 4.72 Å². The molecule has 2 N–H and O–H groups in total. The lowest BCUT2D eigenvalue weighted by Crippen LogP contribution is -2.44. The fraction of sp³-hybridized carbons (Fsp3) is 0.222. The van der Waals surface area contributed by atoms with E-state index in [1.807, 2.05) is 37.3 Å². The summed E-state index contributed by atoms with van der Waals surface area (Å²) in [6.07, 6.45) is 1.94. The minimum Gasteiger partial charge on any atom is -0.480 e. The molecule has 9 heteroatoms. The number of thiazole rings is 1. The number of rotatable bonds is 6. The van der Waals surface area contributed by atoms with E-state index in [0.29, 0.717) is 0 Å². The van der Waals surface area contributed by atoms with Crippen LogP contribution in [0.25, 0.3) is 9.75 Å². The van der Waals surface area contributed by atoms with Crippen LogP contribution in [0.3, 0.4) is 0 Å². The highest BCUT2D eigenvalue weighted by molar-refractivity contribution is 7.91. The van der Waals surface area contributed by atoms with Crippen LogP contribution < -0.4 is 4.72 Å². The van der Waals surface area contributed by atoms with Gasteiger partial charge in [-0.05, 0) is 31.0 Å². The number of hydrogen-bond acceptors (Lipinski definition) is 6. The number of benzene rings is 1. The predicted octanol–water partition coefficient (Wildman–Crippen LogP) is 3.47. The first-order valence-corrected chi connectivity index (χ1v) is 11.3. The number of thiophene rings is 1. The highest BCUT2D eigenvalue weighted by Crippen LogP contribution is 2.52. The maximum absolute atomic E-state index is 12.8. The monoisotopic (exact) mass is 420 g/mol. The number of aromatic nitrogens is 1. The van der Waals surface area contributed by atoms with Crippen LogP contribution in [0.4, 0.5) is 0 Å². The normalized spacial score (nSPS) is 21.9. The zero-order valence-electron chi connectivity index (χ0n) is 14.2. The molecule has 1 saturated carbocycles. The third-order valence-electron chi connectivity index (χ3n) is 4.57. The first-order valence-electron chi connectivity index (χ1n) is 8.17. The van der Waals surface area contributed by atoms with Gasteiger partial charge < -0.3 is 5.11 Å². The smallest absolute Gasteiger partial charge is 0.325 e. The molecule has 0 spiro atoms. The summed E-state index contributed by atoms with van der Waals surface area (Å²) < 4.78 is 28.2. The zero-order chi connectivity index (χ0) is 19.2. The van der Waals surface area contributed by atoms with Gasteiger partial charge in [0.15, 0.2) is 0 Å². The molecule has 0 unspecified atom stereocenters. The van der Waals surface area contributed by atoms with E-state index >= 15 is 0 Å². The van der Waals surface area contributed by atoms with Gasteiger partial charge >= 0.3 is 5.97 Å². The van der Waals surface area contributed by atoms with Crippen molar-refractivity contribution in [3.63, 3.8) is 0 Å². The second-order valence-corrected chi connectivity index (χ2v) is 10.6. The second kappa shape index (κ2) is 6.52. The summed E-state index contributed by atoms with van der Waals surface area (Å²) in [6.45, 7) is 1.88. The molecule has 0 aliphatic heterocycles. The average Bonchev–Trinajstić information content (AvgIpc) is 2.98. The first-order chi connectivity index (χ1) is 12.8. The molecule has 0 radical (unpaired) electrons. The van der Waals surface area contributed by atoms with Crippen LogP contribution in [0.15, 0.2) is 52.9 Å². The standard InChI is InChI=1S/C18H16N2O4S3/c1-11-19-10-15(25-11)14-7-8-16(26-14)27(23,24)20-18(17(21)22)9-13(18)12-5-3-2-4-6-12/h2-8,10,13,20H,9H2,1H3,(H,21,22)/t13-,18-/m0/s1. The largest absolute Gasteiger partial charge is 0.480 e. The number of carboxylic acid groups (broad SMARTS) is 1. The lowest BCUT2D eigenvalue weighted by Gasteiger charge is -2.14. The van der Waals surface area contributed by atoms with Crippen molar-refractivity contribution < 1.29 is 18.3 Å². The number of hydrogen-bond donors (Lipinski definition) is 2. The Morgan fingerprint density at radius 1 is 1.19 bits per heavy atom. The molecular weight excluding hydrogens is 404 g/mol. The minimum atomic E-state index is -3.95. The number of nitrogens with zero attached hydrogens (tertiary/aromatic N) is 1. The molecule has 0 amide bonds. The van der Waals surface area contributed by atoms with E-state index in [0.717, 1.165) is 31.7 Å². The van der Waals surface area contributed by atoms with Gasteiger partial charge in [0.1, 0.15) is 9.75 Å². The minimum absolute atomic E-state index is 0.0999. The molecule has 2 aromatic heterocycles. The number of carboxylic acids is 1. The van der Waals surface area contributed by atoms with Crippen LogP contribution in [0.2, 0.25) is 0 Å². The van der Waals surface area contributed by atoms with Crippen LogP contribution in [0.1, 0.15) is 22.9 Å². The molecule has 3 aromatic rings. The molecular formula is C18H16N2O4S3. The van der Waals surface area contributed by atoms with Gasteiger partial charge in [0.05, 0.1) is 9.88 Å². The lowest BCUT2D eigenvalue weighted by molar-refractivity contribution is -0.140. The number of aliphatic carboxylic acids is 1. The zero-order valence-corrected chi connectivity index (χ0v) is 16.7.